The van der Waals surface area contributed by atoms with E-state index < -0.39 is 5.91 Å². The standard InChI is InChI=1S/C31H22BrCl3N2O4/c1-39-29-15-20(13-25(32)30(29)41-17-19-6-11-27(34)28(35)14-19)12-22(16-36)31(38)37-23-7-9-24(10-8-23)40-18-21-4-2-3-5-26(21)33/h2-15H,17-18H2,1H3,(H,37,38)/b22-12+. The van der Waals surface area contributed by atoms with Gasteiger partial charge in [0.25, 0.3) is 5.91 Å². The fourth-order valence-electron chi connectivity index (χ4n) is 3.67. The van der Waals surface area contributed by atoms with Crippen LogP contribution in [0.5, 0.6) is 17.2 Å². The maximum Gasteiger partial charge on any atom is 0.266 e. The van der Waals surface area contributed by atoms with Crippen LogP contribution in [0.2, 0.25) is 15.1 Å². The number of carbonyl (C=O) groups excluding carboxylic acids is 1. The molecule has 0 aliphatic carbocycles. The molecule has 10 heteroatoms. The van der Waals surface area contributed by atoms with Crippen LogP contribution in [0.1, 0.15) is 16.7 Å². The van der Waals surface area contributed by atoms with Crippen LogP contribution in [0.3, 0.4) is 0 Å². The molecule has 0 saturated heterocycles. The number of methoxy groups -OCH3 is 1. The lowest BCUT2D eigenvalue weighted by Gasteiger charge is -2.14. The van der Waals surface area contributed by atoms with E-state index in [0.29, 0.717) is 54.6 Å². The molecule has 4 aromatic rings. The summed E-state index contributed by atoms with van der Waals surface area (Å²) in [4.78, 5) is 12.9. The van der Waals surface area contributed by atoms with Gasteiger partial charge in [-0.2, -0.15) is 5.26 Å². The van der Waals surface area contributed by atoms with Gasteiger partial charge in [0.15, 0.2) is 11.5 Å². The first-order chi connectivity index (χ1) is 19.8. The molecule has 0 heterocycles. The average molecular weight is 673 g/mol. The largest absolute Gasteiger partial charge is 0.493 e. The van der Waals surface area contributed by atoms with Gasteiger partial charge in [0.1, 0.15) is 30.6 Å². The lowest BCUT2D eigenvalue weighted by molar-refractivity contribution is -0.112. The third-order valence-corrected chi connectivity index (χ3v) is 7.46. The third-order valence-electron chi connectivity index (χ3n) is 5.76. The van der Waals surface area contributed by atoms with Crippen molar-refractivity contribution in [3.05, 3.63) is 121 Å². The van der Waals surface area contributed by atoms with E-state index in [4.69, 9.17) is 49.0 Å². The summed E-state index contributed by atoms with van der Waals surface area (Å²) in [5.41, 5.74) is 2.66. The molecular formula is C31H22BrCl3N2O4. The Labute approximate surface area is 261 Å². The molecule has 0 fully saturated rings. The molecule has 1 amide bonds. The minimum atomic E-state index is -0.563. The van der Waals surface area contributed by atoms with E-state index >= 15 is 0 Å². The summed E-state index contributed by atoms with van der Waals surface area (Å²) in [6, 6.07) is 24.8. The molecule has 0 aliphatic rings. The highest BCUT2D eigenvalue weighted by Crippen LogP contribution is 2.38. The highest BCUT2D eigenvalue weighted by atomic mass is 79.9. The lowest BCUT2D eigenvalue weighted by Crippen LogP contribution is -2.13. The van der Waals surface area contributed by atoms with Crippen molar-refractivity contribution in [2.45, 2.75) is 13.2 Å². The number of ether oxygens (including phenoxy) is 3. The van der Waals surface area contributed by atoms with Gasteiger partial charge < -0.3 is 19.5 Å². The van der Waals surface area contributed by atoms with Crippen LogP contribution in [0.25, 0.3) is 6.08 Å². The summed E-state index contributed by atoms with van der Waals surface area (Å²) in [5, 5.41) is 13.9. The zero-order valence-corrected chi connectivity index (χ0v) is 25.4. The van der Waals surface area contributed by atoms with Gasteiger partial charge in [0, 0.05) is 16.3 Å². The van der Waals surface area contributed by atoms with Crippen LogP contribution < -0.4 is 19.5 Å². The van der Waals surface area contributed by atoms with Crippen molar-refractivity contribution in [2.24, 2.45) is 0 Å². The Kier molecular flexibility index (Phi) is 10.6. The molecule has 0 aromatic heterocycles. The SMILES string of the molecule is COc1cc(/C=C(\C#N)C(=O)Nc2ccc(OCc3ccccc3Cl)cc2)cc(Br)c1OCc1ccc(Cl)c(Cl)c1. The third kappa shape index (κ3) is 8.18. The molecule has 0 aliphatic heterocycles. The minimum absolute atomic E-state index is 0.0949. The Bertz CT molecular complexity index is 1640. The van der Waals surface area contributed by atoms with Crippen molar-refractivity contribution in [1.29, 1.82) is 5.26 Å². The number of halogens is 4. The summed E-state index contributed by atoms with van der Waals surface area (Å²) in [7, 11) is 1.50. The molecule has 4 aromatic carbocycles. The van der Waals surface area contributed by atoms with E-state index in [-0.39, 0.29) is 12.2 Å². The molecule has 0 atom stereocenters. The van der Waals surface area contributed by atoms with Crippen molar-refractivity contribution >= 4 is 68.4 Å². The first-order valence-electron chi connectivity index (χ1n) is 12.1. The Morgan fingerprint density at radius 2 is 1.68 bits per heavy atom. The lowest BCUT2D eigenvalue weighted by atomic mass is 10.1. The highest BCUT2D eigenvalue weighted by Gasteiger charge is 2.15. The van der Waals surface area contributed by atoms with Crippen LogP contribution in [0, 0.1) is 11.3 Å². The Morgan fingerprint density at radius 1 is 0.927 bits per heavy atom. The van der Waals surface area contributed by atoms with Gasteiger partial charge in [-0.25, -0.2) is 0 Å². The summed E-state index contributed by atoms with van der Waals surface area (Å²) in [6.45, 7) is 0.530. The Morgan fingerprint density at radius 3 is 2.37 bits per heavy atom. The maximum absolute atomic E-state index is 12.9. The second-order valence-corrected chi connectivity index (χ2v) is 10.7. The van der Waals surface area contributed by atoms with Crippen molar-refractivity contribution in [1.82, 2.24) is 0 Å². The van der Waals surface area contributed by atoms with Gasteiger partial charge in [0.05, 0.1) is 21.6 Å². The highest BCUT2D eigenvalue weighted by molar-refractivity contribution is 9.10. The number of amides is 1. The van der Waals surface area contributed by atoms with E-state index in [1.54, 1.807) is 54.6 Å². The second-order valence-electron chi connectivity index (χ2n) is 8.60. The normalized spacial score (nSPS) is 11.0. The molecule has 6 nitrogen and oxygen atoms in total. The molecular weight excluding hydrogens is 651 g/mol. The van der Waals surface area contributed by atoms with Crippen molar-refractivity contribution in [2.75, 3.05) is 12.4 Å². The van der Waals surface area contributed by atoms with Crippen molar-refractivity contribution < 1.29 is 19.0 Å². The van der Waals surface area contributed by atoms with Gasteiger partial charge in [-0.05, 0) is 87.7 Å². The number of hydrogen-bond acceptors (Lipinski definition) is 5. The summed E-state index contributed by atoms with van der Waals surface area (Å²) < 4.78 is 17.8. The summed E-state index contributed by atoms with van der Waals surface area (Å²) in [6.07, 6.45) is 1.46. The maximum atomic E-state index is 12.9. The van der Waals surface area contributed by atoms with Gasteiger partial charge >= 0.3 is 0 Å². The van der Waals surface area contributed by atoms with E-state index in [9.17, 15) is 10.1 Å². The number of rotatable bonds is 10. The van der Waals surface area contributed by atoms with Crippen LogP contribution >= 0.6 is 50.7 Å². The first kappa shape index (κ1) is 30.3. The first-order valence-corrected chi connectivity index (χ1v) is 14.0. The van der Waals surface area contributed by atoms with Crippen molar-refractivity contribution in [3.63, 3.8) is 0 Å². The number of hydrogen-bond donors (Lipinski definition) is 1. The monoisotopic (exact) mass is 670 g/mol. The number of nitrogens with one attached hydrogen (secondary N) is 1. The van der Waals surface area contributed by atoms with E-state index in [0.717, 1.165) is 11.1 Å². The smallest absolute Gasteiger partial charge is 0.266 e. The van der Waals surface area contributed by atoms with Gasteiger partial charge in [-0.1, -0.05) is 59.1 Å². The molecule has 0 radical (unpaired) electrons. The Hall–Kier alpha value is -3.67. The molecule has 0 unspecified atom stereocenters. The fourth-order valence-corrected chi connectivity index (χ4v) is 4.76. The van der Waals surface area contributed by atoms with Gasteiger partial charge in [-0.15, -0.1) is 0 Å². The zero-order chi connectivity index (χ0) is 29.4. The van der Waals surface area contributed by atoms with E-state index in [2.05, 4.69) is 21.2 Å². The molecule has 4 rings (SSSR count). The van der Waals surface area contributed by atoms with Crippen LogP contribution in [0.15, 0.2) is 88.9 Å². The summed E-state index contributed by atoms with van der Waals surface area (Å²) in [5.74, 6) is 0.913. The number of nitriles is 1. The number of benzene rings is 4. The van der Waals surface area contributed by atoms with E-state index in [1.165, 1.54) is 13.2 Å². The molecule has 1 N–H and O–H groups in total. The molecule has 0 saturated carbocycles. The number of nitrogens with zero attached hydrogens (tertiary/aromatic N) is 1. The number of anilines is 1. The molecule has 0 bridgehead atoms. The van der Waals surface area contributed by atoms with Crippen LogP contribution in [-0.4, -0.2) is 13.0 Å². The van der Waals surface area contributed by atoms with Crippen LogP contribution in [0.4, 0.5) is 5.69 Å². The van der Waals surface area contributed by atoms with Crippen molar-refractivity contribution in [3.8, 4) is 23.3 Å². The topological polar surface area (TPSA) is 80.6 Å². The average Bonchev–Trinajstić information content (AvgIpc) is 2.97. The van der Waals surface area contributed by atoms with Crippen LogP contribution in [-0.2, 0) is 18.0 Å². The predicted molar refractivity (Wildman–Crippen MR) is 166 cm³/mol. The second kappa shape index (κ2) is 14.3. The molecule has 208 valence electrons. The number of carbonyl (C=O) groups is 1. The van der Waals surface area contributed by atoms with E-state index in [1.807, 2.05) is 30.3 Å². The summed E-state index contributed by atoms with van der Waals surface area (Å²) >= 11 is 21.7. The van der Waals surface area contributed by atoms with Gasteiger partial charge in [0.2, 0.25) is 0 Å². The van der Waals surface area contributed by atoms with Gasteiger partial charge in [-0.3, -0.25) is 4.79 Å². The quantitative estimate of drug-likeness (QED) is 0.134. The fraction of sp³-hybridized carbons (Fsp3) is 0.0968. The zero-order valence-electron chi connectivity index (χ0n) is 21.6. The molecule has 41 heavy (non-hydrogen) atoms. The predicted octanol–water partition coefficient (Wildman–Crippen LogP) is 9.12. The Balaban J connectivity index is 1.42. The molecule has 0 spiro atoms. The minimum Gasteiger partial charge on any atom is -0.493 e.